The van der Waals surface area contributed by atoms with E-state index in [2.05, 4.69) is 29.6 Å². The van der Waals surface area contributed by atoms with Gasteiger partial charge in [-0.15, -0.1) is 0 Å². The Morgan fingerprint density at radius 1 is 1.14 bits per heavy atom. The molecule has 1 fully saturated rings. The number of nitrogens with zero attached hydrogens (tertiary/aromatic N) is 1. The molecule has 1 heteroatoms. The lowest BCUT2D eigenvalue weighted by Gasteiger charge is -2.36. The molecule has 0 spiro atoms. The van der Waals surface area contributed by atoms with Crippen molar-refractivity contribution >= 4 is 0 Å². The highest BCUT2D eigenvalue weighted by Crippen LogP contribution is 2.39. The largest absolute Gasteiger partial charge is 0.241 e. The van der Waals surface area contributed by atoms with Gasteiger partial charge in [-0.25, -0.2) is 5.32 Å². The van der Waals surface area contributed by atoms with Crippen molar-refractivity contribution in [2.45, 2.75) is 25.2 Å². The van der Waals surface area contributed by atoms with Gasteiger partial charge in [0.05, 0.1) is 0 Å². The topological polar surface area (TPSA) is 14.1 Å². The zero-order valence-electron chi connectivity index (χ0n) is 8.45. The highest BCUT2D eigenvalue weighted by atomic mass is 14.9. The molecule has 1 aliphatic heterocycles. The average molecular weight is 186 g/mol. The molecule has 1 nitrogen and oxygen atoms in total. The van der Waals surface area contributed by atoms with Crippen molar-refractivity contribution in [1.82, 2.24) is 5.32 Å². The fraction of sp³-hybridized carbons (Fsp3) is 0.538. The average Bonchev–Trinajstić information content (AvgIpc) is 2.29. The first-order chi connectivity index (χ1) is 6.95. The van der Waals surface area contributed by atoms with Crippen LogP contribution in [0.2, 0.25) is 0 Å². The van der Waals surface area contributed by atoms with Crippen LogP contribution in [-0.2, 0) is 6.42 Å². The van der Waals surface area contributed by atoms with Gasteiger partial charge >= 0.3 is 0 Å². The second-order valence-electron chi connectivity index (χ2n) is 4.52. The zero-order chi connectivity index (χ0) is 9.38. The number of hydrogen-bond donors (Lipinski definition) is 0. The Morgan fingerprint density at radius 3 is 3.07 bits per heavy atom. The first kappa shape index (κ1) is 8.49. The highest BCUT2D eigenvalue weighted by Gasteiger charge is 2.31. The Kier molecular flexibility index (Phi) is 2.06. The standard InChI is InChI=1S/C13H16N/c1-2-4-12-10(3-1)5-6-11-9-14-8-7-13(11)12/h1-4,11,13H,5-9H2/t11-,13-/m0/s1. The summed E-state index contributed by atoms with van der Waals surface area (Å²) in [4.78, 5) is 0. The predicted octanol–water partition coefficient (Wildman–Crippen LogP) is 2.34. The maximum atomic E-state index is 4.53. The highest BCUT2D eigenvalue weighted by molar-refractivity contribution is 5.33. The molecule has 2 atom stereocenters. The van der Waals surface area contributed by atoms with Gasteiger partial charge in [0.15, 0.2) is 0 Å². The molecule has 0 unspecified atom stereocenters. The molecule has 0 amide bonds. The molecule has 0 bridgehead atoms. The molecule has 3 rings (SSSR count). The van der Waals surface area contributed by atoms with Crippen LogP contribution in [0.1, 0.15) is 29.9 Å². The van der Waals surface area contributed by atoms with Crippen LogP contribution in [0.25, 0.3) is 0 Å². The van der Waals surface area contributed by atoms with Crippen LogP contribution in [0.3, 0.4) is 0 Å². The number of benzene rings is 1. The molecular weight excluding hydrogens is 170 g/mol. The Morgan fingerprint density at radius 2 is 2.07 bits per heavy atom. The molecule has 1 heterocycles. The fourth-order valence-corrected chi connectivity index (χ4v) is 3.02. The Bertz CT molecular complexity index is 332. The summed E-state index contributed by atoms with van der Waals surface area (Å²) in [5.41, 5.74) is 3.22. The van der Waals surface area contributed by atoms with Crippen LogP contribution in [0, 0.1) is 5.92 Å². The van der Waals surface area contributed by atoms with Crippen LogP contribution < -0.4 is 5.32 Å². The Hall–Kier alpha value is -0.820. The minimum atomic E-state index is 0.817. The molecule has 0 N–H and O–H groups in total. The summed E-state index contributed by atoms with van der Waals surface area (Å²) in [6.07, 6.45) is 3.90. The second-order valence-corrected chi connectivity index (χ2v) is 4.52. The number of hydrogen-bond acceptors (Lipinski definition) is 0. The van der Waals surface area contributed by atoms with Gasteiger partial charge in [0.25, 0.3) is 0 Å². The number of fused-ring (bicyclic) bond motifs is 3. The molecule has 1 saturated heterocycles. The predicted molar refractivity (Wildman–Crippen MR) is 57.5 cm³/mol. The molecule has 1 radical (unpaired) electrons. The molecule has 2 aliphatic rings. The van der Waals surface area contributed by atoms with Crippen LogP contribution in [0.15, 0.2) is 24.3 Å². The van der Waals surface area contributed by atoms with Crippen molar-refractivity contribution in [2.75, 3.05) is 13.1 Å². The van der Waals surface area contributed by atoms with E-state index in [0.717, 1.165) is 24.9 Å². The summed E-state index contributed by atoms with van der Waals surface area (Å²) in [7, 11) is 0. The lowest BCUT2D eigenvalue weighted by Crippen LogP contribution is -2.34. The maximum absolute atomic E-state index is 4.53. The van der Waals surface area contributed by atoms with Gasteiger partial charge < -0.3 is 0 Å². The molecular formula is C13H16N. The Balaban J connectivity index is 1.99. The van der Waals surface area contributed by atoms with E-state index in [-0.39, 0.29) is 0 Å². The van der Waals surface area contributed by atoms with E-state index in [9.17, 15) is 0 Å². The SMILES string of the molecule is c1ccc2c(c1)CC[C@H]1C[N]CC[C@H]21. The number of piperidine rings is 1. The van der Waals surface area contributed by atoms with Crippen molar-refractivity contribution in [2.24, 2.45) is 5.92 Å². The van der Waals surface area contributed by atoms with Gasteiger partial charge in [0, 0.05) is 13.1 Å². The van der Waals surface area contributed by atoms with Gasteiger partial charge in [-0.3, -0.25) is 0 Å². The molecule has 0 saturated carbocycles. The molecule has 0 aromatic heterocycles. The van der Waals surface area contributed by atoms with Crippen molar-refractivity contribution < 1.29 is 0 Å². The quantitative estimate of drug-likeness (QED) is 0.590. The molecule has 73 valence electrons. The van der Waals surface area contributed by atoms with E-state index in [4.69, 9.17) is 0 Å². The van der Waals surface area contributed by atoms with E-state index < -0.39 is 0 Å². The van der Waals surface area contributed by atoms with Crippen molar-refractivity contribution in [1.29, 1.82) is 0 Å². The minimum absolute atomic E-state index is 0.817. The summed E-state index contributed by atoms with van der Waals surface area (Å²) in [5.74, 6) is 1.66. The van der Waals surface area contributed by atoms with Crippen molar-refractivity contribution in [3.63, 3.8) is 0 Å². The van der Waals surface area contributed by atoms with Gasteiger partial charge in [0.2, 0.25) is 0 Å². The molecule has 1 aromatic carbocycles. The zero-order valence-corrected chi connectivity index (χ0v) is 8.45. The summed E-state index contributed by atoms with van der Waals surface area (Å²) >= 11 is 0. The lowest BCUT2D eigenvalue weighted by atomic mass is 9.72. The van der Waals surface area contributed by atoms with Crippen LogP contribution in [-0.4, -0.2) is 13.1 Å². The molecule has 1 aromatic rings. The first-order valence-corrected chi connectivity index (χ1v) is 5.66. The van der Waals surface area contributed by atoms with E-state index in [0.29, 0.717) is 0 Å². The van der Waals surface area contributed by atoms with Crippen LogP contribution in [0.5, 0.6) is 0 Å². The number of rotatable bonds is 0. The second kappa shape index (κ2) is 3.39. The third kappa shape index (κ3) is 1.27. The van der Waals surface area contributed by atoms with Gasteiger partial charge in [-0.2, -0.15) is 0 Å². The van der Waals surface area contributed by atoms with Gasteiger partial charge in [0.1, 0.15) is 0 Å². The summed E-state index contributed by atoms with van der Waals surface area (Å²) in [5, 5.41) is 4.53. The molecule has 14 heavy (non-hydrogen) atoms. The fourth-order valence-electron chi connectivity index (χ4n) is 3.02. The van der Waals surface area contributed by atoms with Gasteiger partial charge in [-0.05, 0) is 42.2 Å². The minimum Gasteiger partial charge on any atom is -0.241 e. The first-order valence-electron chi connectivity index (χ1n) is 5.66. The van der Waals surface area contributed by atoms with Gasteiger partial charge in [-0.1, -0.05) is 24.3 Å². The normalized spacial score (nSPS) is 30.6. The van der Waals surface area contributed by atoms with E-state index >= 15 is 0 Å². The molecule has 1 aliphatic carbocycles. The third-order valence-electron chi connectivity index (χ3n) is 3.77. The summed E-state index contributed by atoms with van der Waals surface area (Å²) in [6, 6.07) is 8.99. The lowest BCUT2D eigenvalue weighted by molar-refractivity contribution is 0.289. The van der Waals surface area contributed by atoms with Crippen molar-refractivity contribution in [3.05, 3.63) is 35.4 Å². The van der Waals surface area contributed by atoms with Crippen LogP contribution >= 0.6 is 0 Å². The smallest absolute Gasteiger partial charge is 0.0167 e. The third-order valence-corrected chi connectivity index (χ3v) is 3.77. The Labute approximate surface area is 85.5 Å². The van der Waals surface area contributed by atoms with E-state index in [1.54, 1.807) is 11.1 Å². The van der Waals surface area contributed by atoms with E-state index in [1.165, 1.54) is 19.3 Å². The van der Waals surface area contributed by atoms with Crippen molar-refractivity contribution in [3.8, 4) is 0 Å². The monoisotopic (exact) mass is 186 g/mol. The number of aryl methyl sites for hydroxylation is 1. The van der Waals surface area contributed by atoms with Crippen LogP contribution in [0.4, 0.5) is 0 Å². The maximum Gasteiger partial charge on any atom is 0.0167 e. The summed E-state index contributed by atoms with van der Waals surface area (Å²) in [6.45, 7) is 2.19. The van der Waals surface area contributed by atoms with E-state index in [1.807, 2.05) is 0 Å². The summed E-state index contributed by atoms with van der Waals surface area (Å²) < 4.78 is 0.